The fourth-order valence-electron chi connectivity index (χ4n) is 0.252. The molecule has 0 unspecified atom stereocenters. The molecule has 10 heavy (non-hydrogen) atoms. The van der Waals surface area contributed by atoms with E-state index in [1.165, 1.54) is 13.8 Å². The van der Waals surface area contributed by atoms with Crippen LogP contribution in [0.25, 0.3) is 0 Å². The SMILES string of the molecule is CC(C)(N)C(N)(N=O)N=O. The molecule has 0 fully saturated rings. The molecule has 0 aliphatic carbocycles. The van der Waals surface area contributed by atoms with Crippen molar-refractivity contribution in [3.63, 3.8) is 0 Å². The molecule has 0 aliphatic heterocycles. The van der Waals surface area contributed by atoms with Gasteiger partial charge in [-0.3, -0.25) is 5.73 Å². The van der Waals surface area contributed by atoms with Gasteiger partial charge in [-0.05, 0) is 24.2 Å². The van der Waals surface area contributed by atoms with Gasteiger partial charge >= 0.3 is 0 Å². The van der Waals surface area contributed by atoms with Crippen LogP contribution < -0.4 is 11.5 Å². The molecule has 0 spiro atoms. The third kappa shape index (κ3) is 1.34. The second-order valence-corrected chi connectivity index (χ2v) is 2.63. The van der Waals surface area contributed by atoms with Crippen LogP contribution in [0.1, 0.15) is 13.8 Å². The van der Waals surface area contributed by atoms with Gasteiger partial charge in [0.05, 0.1) is 5.54 Å². The zero-order chi connectivity index (χ0) is 8.41. The van der Waals surface area contributed by atoms with Crippen molar-refractivity contribution in [2.45, 2.75) is 25.2 Å². The lowest BCUT2D eigenvalue weighted by Gasteiger charge is -2.27. The number of rotatable bonds is 3. The zero-order valence-corrected chi connectivity index (χ0v) is 5.87. The number of hydrogen-bond acceptors (Lipinski definition) is 6. The van der Waals surface area contributed by atoms with Crippen LogP contribution in [-0.4, -0.2) is 11.3 Å². The minimum absolute atomic E-state index is 1.23. The lowest BCUT2D eigenvalue weighted by molar-refractivity contribution is 0.277. The molecule has 0 aliphatic rings. The zero-order valence-electron chi connectivity index (χ0n) is 5.87. The molecule has 0 rings (SSSR count). The summed E-state index contributed by atoms with van der Waals surface area (Å²) in [6, 6.07) is 0. The Labute approximate surface area is 57.9 Å². The average Bonchev–Trinajstić information content (AvgIpc) is 1.84. The molecule has 6 nitrogen and oxygen atoms in total. The molecule has 58 valence electrons. The molecule has 0 aromatic heterocycles. The van der Waals surface area contributed by atoms with E-state index >= 15 is 0 Å². The predicted octanol–water partition coefficient (Wildman–Crippen LogP) is -0.131. The largest absolute Gasteiger partial charge is 0.321 e. The molecule has 0 aromatic rings. The number of nitroso groups, excluding NO2 is 2. The van der Waals surface area contributed by atoms with Gasteiger partial charge in [0.25, 0.3) is 5.79 Å². The van der Waals surface area contributed by atoms with E-state index in [1.807, 2.05) is 0 Å². The first-order valence-electron chi connectivity index (χ1n) is 2.64. The monoisotopic (exact) mass is 146 g/mol. The van der Waals surface area contributed by atoms with Crippen molar-refractivity contribution >= 4 is 0 Å². The maximum absolute atomic E-state index is 9.96. The number of nitrogens with zero attached hydrogens (tertiary/aromatic N) is 2. The highest BCUT2D eigenvalue weighted by Gasteiger charge is 2.42. The van der Waals surface area contributed by atoms with Crippen molar-refractivity contribution in [3.8, 4) is 0 Å². The topological polar surface area (TPSA) is 111 Å². The molecule has 0 amide bonds. The Bertz CT molecular complexity index is 142. The minimum Gasteiger partial charge on any atom is -0.321 e. The van der Waals surface area contributed by atoms with Crippen LogP contribution in [0.4, 0.5) is 0 Å². The van der Waals surface area contributed by atoms with Gasteiger partial charge in [0.2, 0.25) is 0 Å². The molecule has 0 heterocycles. The Morgan fingerprint density at radius 1 is 1.10 bits per heavy atom. The van der Waals surface area contributed by atoms with Crippen LogP contribution in [0.2, 0.25) is 0 Å². The first-order chi connectivity index (χ1) is 4.37. The van der Waals surface area contributed by atoms with Crippen LogP contribution in [0.15, 0.2) is 10.4 Å². The van der Waals surface area contributed by atoms with Gasteiger partial charge in [0.1, 0.15) is 0 Å². The maximum atomic E-state index is 9.96. The van der Waals surface area contributed by atoms with E-state index in [-0.39, 0.29) is 0 Å². The van der Waals surface area contributed by atoms with Gasteiger partial charge in [-0.2, -0.15) is 0 Å². The Morgan fingerprint density at radius 3 is 1.40 bits per heavy atom. The van der Waals surface area contributed by atoms with E-state index in [2.05, 4.69) is 10.4 Å². The molecule has 0 atom stereocenters. The predicted molar refractivity (Wildman–Crippen MR) is 36.8 cm³/mol. The molecule has 4 N–H and O–H groups in total. The van der Waals surface area contributed by atoms with Gasteiger partial charge in [-0.1, -0.05) is 0 Å². The van der Waals surface area contributed by atoms with E-state index in [9.17, 15) is 9.81 Å². The van der Waals surface area contributed by atoms with Crippen LogP contribution in [0.5, 0.6) is 0 Å². The Kier molecular flexibility index (Phi) is 2.18. The third-order valence-electron chi connectivity index (χ3n) is 1.23. The Hall–Kier alpha value is -0.880. The lowest BCUT2D eigenvalue weighted by Crippen LogP contribution is -2.59. The van der Waals surface area contributed by atoms with Crippen molar-refractivity contribution in [2.75, 3.05) is 0 Å². The van der Waals surface area contributed by atoms with Crippen LogP contribution in [-0.2, 0) is 0 Å². The van der Waals surface area contributed by atoms with Gasteiger partial charge in [-0.15, -0.1) is 9.81 Å². The second-order valence-electron chi connectivity index (χ2n) is 2.63. The van der Waals surface area contributed by atoms with E-state index in [4.69, 9.17) is 11.5 Å². The van der Waals surface area contributed by atoms with Gasteiger partial charge in [-0.25, -0.2) is 0 Å². The first-order valence-corrected chi connectivity index (χ1v) is 2.64. The Balaban J connectivity index is 4.65. The van der Waals surface area contributed by atoms with E-state index in [0.717, 1.165) is 0 Å². The quantitative estimate of drug-likeness (QED) is 0.540. The summed E-state index contributed by atoms with van der Waals surface area (Å²) < 4.78 is 0. The van der Waals surface area contributed by atoms with Crippen LogP contribution >= 0.6 is 0 Å². The van der Waals surface area contributed by atoms with Crippen molar-refractivity contribution in [1.82, 2.24) is 0 Å². The second kappa shape index (κ2) is 2.39. The summed E-state index contributed by atoms with van der Waals surface area (Å²) in [5.41, 5.74) is 9.19. The Morgan fingerprint density at radius 2 is 1.40 bits per heavy atom. The van der Waals surface area contributed by atoms with Crippen molar-refractivity contribution in [2.24, 2.45) is 21.8 Å². The summed E-state index contributed by atoms with van der Waals surface area (Å²) in [7, 11) is 0. The van der Waals surface area contributed by atoms with E-state index < -0.39 is 11.3 Å². The summed E-state index contributed by atoms with van der Waals surface area (Å²) >= 11 is 0. The standard InChI is InChI=1S/C4H10N4O2/c1-3(2,5)4(6,7-9)8-10/h5-6H2,1-2H3. The lowest BCUT2D eigenvalue weighted by atomic mass is 9.99. The minimum atomic E-state index is -2.06. The fraction of sp³-hybridized carbons (Fsp3) is 1.00. The highest BCUT2D eigenvalue weighted by molar-refractivity contribution is 4.96. The highest BCUT2D eigenvalue weighted by atomic mass is 16.3. The number of nitrogens with two attached hydrogens (primary N) is 2. The fourth-order valence-corrected chi connectivity index (χ4v) is 0.252. The summed E-state index contributed by atoms with van der Waals surface area (Å²) in [6.07, 6.45) is 0. The van der Waals surface area contributed by atoms with Crippen molar-refractivity contribution in [1.29, 1.82) is 0 Å². The highest BCUT2D eigenvalue weighted by Crippen LogP contribution is 2.18. The summed E-state index contributed by atoms with van der Waals surface area (Å²) in [5, 5.41) is 4.67. The van der Waals surface area contributed by atoms with Gasteiger partial charge in [0, 0.05) is 0 Å². The summed E-state index contributed by atoms with van der Waals surface area (Å²) in [5.74, 6) is -2.06. The normalized spacial score (nSPS) is 12.8. The van der Waals surface area contributed by atoms with Crippen LogP contribution in [0.3, 0.4) is 0 Å². The van der Waals surface area contributed by atoms with Crippen molar-refractivity contribution in [3.05, 3.63) is 9.81 Å². The molecule has 0 saturated carbocycles. The molecular formula is C4H10N4O2. The molecule has 0 bridgehead atoms. The maximum Gasteiger partial charge on any atom is 0.299 e. The molecule has 0 aromatic carbocycles. The number of hydrogen-bond donors (Lipinski definition) is 2. The first kappa shape index (κ1) is 9.12. The molecule has 6 heteroatoms. The average molecular weight is 146 g/mol. The smallest absolute Gasteiger partial charge is 0.299 e. The van der Waals surface area contributed by atoms with E-state index in [0.29, 0.717) is 0 Å². The van der Waals surface area contributed by atoms with Gasteiger partial charge < -0.3 is 5.73 Å². The van der Waals surface area contributed by atoms with Gasteiger partial charge in [0.15, 0.2) is 0 Å². The summed E-state index contributed by atoms with van der Waals surface area (Å²) in [4.78, 5) is 19.9. The van der Waals surface area contributed by atoms with Crippen molar-refractivity contribution < 1.29 is 0 Å². The molecule has 0 saturated heterocycles. The van der Waals surface area contributed by atoms with Crippen LogP contribution in [0, 0.1) is 9.81 Å². The molecular weight excluding hydrogens is 136 g/mol. The third-order valence-corrected chi connectivity index (χ3v) is 1.23. The summed E-state index contributed by atoms with van der Waals surface area (Å²) in [6.45, 7) is 2.80. The van der Waals surface area contributed by atoms with E-state index in [1.54, 1.807) is 0 Å². The molecule has 0 radical (unpaired) electrons.